The molecule has 0 radical (unpaired) electrons. The van der Waals surface area contributed by atoms with Gasteiger partial charge in [-0.2, -0.15) is 0 Å². The molecular formula is C16H19NO2. The van der Waals surface area contributed by atoms with Crippen LogP contribution in [0.15, 0.2) is 42.5 Å². The third kappa shape index (κ3) is 3.47. The molecule has 0 fully saturated rings. The summed E-state index contributed by atoms with van der Waals surface area (Å²) in [6.45, 7) is 4.70. The Morgan fingerprint density at radius 1 is 1.21 bits per heavy atom. The van der Waals surface area contributed by atoms with Crippen molar-refractivity contribution < 1.29 is 9.53 Å². The summed E-state index contributed by atoms with van der Waals surface area (Å²) < 4.78 is 4.98. The summed E-state index contributed by atoms with van der Waals surface area (Å²) in [5.41, 5.74) is 1.02. The fourth-order valence-corrected chi connectivity index (χ4v) is 1.94. The maximum atomic E-state index is 11.5. The molecule has 0 aromatic heterocycles. The van der Waals surface area contributed by atoms with E-state index < -0.39 is 0 Å². The van der Waals surface area contributed by atoms with Gasteiger partial charge in [-0.25, -0.2) is 0 Å². The lowest BCUT2D eigenvalue weighted by Gasteiger charge is -2.13. The molecule has 0 aliphatic rings. The summed E-state index contributed by atoms with van der Waals surface area (Å²) in [6, 6.07) is 14.4. The Labute approximate surface area is 113 Å². The molecule has 3 heteroatoms. The zero-order chi connectivity index (χ0) is 13.7. The predicted molar refractivity (Wildman–Crippen MR) is 78.2 cm³/mol. The number of benzene rings is 2. The van der Waals surface area contributed by atoms with Crippen molar-refractivity contribution in [3.8, 4) is 0 Å². The molecule has 0 amide bonds. The van der Waals surface area contributed by atoms with Gasteiger partial charge in [0.1, 0.15) is 0 Å². The third-order valence-corrected chi connectivity index (χ3v) is 3.05. The molecule has 0 spiro atoms. The van der Waals surface area contributed by atoms with E-state index >= 15 is 0 Å². The number of anilines is 1. The molecule has 0 aliphatic heterocycles. The van der Waals surface area contributed by atoms with Crippen LogP contribution in [0.3, 0.4) is 0 Å². The highest BCUT2D eigenvalue weighted by Crippen LogP contribution is 2.19. The fraction of sp³-hybridized carbons (Fsp3) is 0.312. The zero-order valence-electron chi connectivity index (χ0n) is 11.3. The summed E-state index contributed by atoms with van der Waals surface area (Å²) in [5.74, 6) is -0.304. The van der Waals surface area contributed by atoms with E-state index in [1.165, 1.54) is 10.8 Å². The highest BCUT2D eigenvalue weighted by atomic mass is 16.5. The number of carbonyl (C=O) groups is 1. The molecule has 2 aromatic carbocycles. The molecule has 0 heterocycles. The van der Waals surface area contributed by atoms with Crippen LogP contribution in [-0.4, -0.2) is 19.1 Å². The molecule has 0 saturated heterocycles. The number of ether oxygens (including phenoxy) is 1. The fourth-order valence-electron chi connectivity index (χ4n) is 1.94. The van der Waals surface area contributed by atoms with Gasteiger partial charge in [-0.3, -0.25) is 4.79 Å². The second-order valence-electron chi connectivity index (χ2n) is 4.60. The Morgan fingerprint density at radius 2 is 1.95 bits per heavy atom. The van der Waals surface area contributed by atoms with Gasteiger partial charge in [-0.1, -0.05) is 37.3 Å². The van der Waals surface area contributed by atoms with E-state index in [-0.39, 0.29) is 11.9 Å². The van der Waals surface area contributed by atoms with Crippen LogP contribution < -0.4 is 5.32 Å². The van der Waals surface area contributed by atoms with E-state index in [0.29, 0.717) is 13.2 Å². The van der Waals surface area contributed by atoms with E-state index in [2.05, 4.69) is 29.6 Å². The lowest BCUT2D eigenvalue weighted by atomic mass is 10.1. The van der Waals surface area contributed by atoms with Crippen molar-refractivity contribution >= 4 is 22.4 Å². The van der Waals surface area contributed by atoms with Crippen molar-refractivity contribution in [3.05, 3.63) is 42.5 Å². The molecule has 100 valence electrons. The summed E-state index contributed by atoms with van der Waals surface area (Å²) in [4.78, 5) is 11.5. The molecule has 1 N–H and O–H groups in total. The minimum absolute atomic E-state index is 0.147. The first-order chi connectivity index (χ1) is 9.20. The molecule has 1 unspecified atom stereocenters. The highest BCUT2D eigenvalue weighted by Gasteiger charge is 2.13. The average molecular weight is 257 g/mol. The Bertz CT molecular complexity index is 565. The van der Waals surface area contributed by atoms with Crippen LogP contribution in [0.4, 0.5) is 5.69 Å². The SMILES string of the molecule is CCOC(=O)C(C)CNc1ccc2ccccc2c1. The summed E-state index contributed by atoms with van der Waals surface area (Å²) in [5, 5.41) is 5.68. The van der Waals surface area contributed by atoms with Crippen LogP contribution in [0.5, 0.6) is 0 Å². The van der Waals surface area contributed by atoms with Crippen molar-refractivity contribution in [2.45, 2.75) is 13.8 Å². The number of hydrogen-bond donors (Lipinski definition) is 1. The maximum Gasteiger partial charge on any atom is 0.310 e. The minimum Gasteiger partial charge on any atom is -0.466 e. The van der Waals surface area contributed by atoms with Crippen LogP contribution in [0.2, 0.25) is 0 Å². The van der Waals surface area contributed by atoms with Crippen molar-refractivity contribution in [1.29, 1.82) is 0 Å². The van der Waals surface area contributed by atoms with E-state index in [0.717, 1.165) is 5.69 Å². The molecule has 3 nitrogen and oxygen atoms in total. The number of carbonyl (C=O) groups excluding carboxylic acids is 1. The van der Waals surface area contributed by atoms with Crippen molar-refractivity contribution in [1.82, 2.24) is 0 Å². The quantitative estimate of drug-likeness (QED) is 0.834. The first kappa shape index (κ1) is 13.4. The van der Waals surface area contributed by atoms with E-state index in [1.54, 1.807) is 0 Å². The number of nitrogens with one attached hydrogen (secondary N) is 1. The van der Waals surface area contributed by atoms with Crippen molar-refractivity contribution in [2.75, 3.05) is 18.5 Å². The van der Waals surface area contributed by atoms with Gasteiger partial charge in [0.05, 0.1) is 12.5 Å². The second-order valence-corrected chi connectivity index (χ2v) is 4.60. The van der Waals surface area contributed by atoms with Crippen LogP contribution in [0.25, 0.3) is 10.8 Å². The van der Waals surface area contributed by atoms with Crippen LogP contribution in [0.1, 0.15) is 13.8 Å². The summed E-state index contributed by atoms with van der Waals surface area (Å²) in [7, 11) is 0. The Kier molecular flexibility index (Phi) is 4.39. The lowest BCUT2D eigenvalue weighted by molar-refractivity contribution is -0.146. The average Bonchev–Trinajstić information content (AvgIpc) is 2.44. The van der Waals surface area contributed by atoms with Gasteiger partial charge in [-0.15, -0.1) is 0 Å². The molecular weight excluding hydrogens is 238 g/mol. The van der Waals surface area contributed by atoms with Crippen molar-refractivity contribution in [3.63, 3.8) is 0 Å². The van der Waals surface area contributed by atoms with Crippen molar-refractivity contribution in [2.24, 2.45) is 5.92 Å². The smallest absolute Gasteiger partial charge is 0.310 e. The molecule has 0 bridgehead atoms. The number of fused-ring (bicyclic) bond motifs is 1. The minimum atomic E-state index is -0.157. The number of esters is 1. The molecule has 2 aromatic rings. The van der Waals surface area contributed by atoms with Crippen LogP contribution >= 0.6 is 0 Å². The Balaban J connectivity index is 1.99. The Hall–Kier alpha value is -2.03. The Morgan fingerprint density at radius 3 is 2.68 bits per heavy atom. The summed E-state index contributed by atoms with van der Waals surface area (Å²) >= 11 is 0. The first-order valence-electron chi connectivity index (χ1n) is 6.60. The summed E-state index contributed by atoms with van der Waals surface area (Å²) in [6.07, 6.45) is 0. The topological polar surface area (TPSA) is 38.3 Å². The number of rotatable bonds is 5. The molecule has 2 rings (SSSR count). The largest absolute Gasteiger partial charge is 0.466 e. The van der Waals surface area contributed by atoms with E-state index in [1.807, 2.05) is 32.0 Å². The lowest BCUT2D eigenvalue weighted by Crippen LogP contribution is -2.22. The molecule has 1 atom stereocenters. The van der Waals surface area contributed by atoms with Gasteiger partial charge in [0.2, 0.25) is 0 Å². The molecule has 19 heavy (non-hydrogen) atoms. The van der Waals surface area contributed by atoms with Gasteiger partial charge in [-0.05, 0) is 29.8 Å². The highest BCUT2D eigenvalue weighted by molar-refractivity contribution is 5.85. The van der Waals surface area contributed by atoms with E-state index in [9.17, 15) is 4.79 Å². The molecule has 0 aliphatic carbocycles. The predicted octanol–water partition coefficient (Wildman–Crippen LogP) is 3.45. The van der Waals surface area contributed by atoms with Crippen LogP contribution in [0, 0.1) is 5.92 Å². The van der Waals surface area contributed by atoms with E-state index in [4.69, 9.17) is 4.74 Å². The normalized spacial score (nSPS) is 12.1. The number of hydrogen-bond acceptors (Lipinski definition) is 3. The first-order valence-corrected chi connectivity index (χ1v) is 6.60. The molecule has 0 saturated carbocycles. The van der Waals surface area contributed by atoms with Gasteiger partial charge in [0.25, 0.3) is 0 Å². The van der Waals surface area contributed by atoms with Gasteiger partial charge < -0.3 is 10.1 Å². The van der Waals surface area contributed by atoms with Gasteiger partial charge >= 0.3 is 5.97 Å². The van der Waals surface area contributed by atoms with Gasteiger partial charge in [0, 0.05) is 12.2 Å². The standard InChI is InChI=1S/C16H19NO2/c1-3-19-16(18)12(2)11-17-15-9-8-13-6-4-5-7-14(13)10-15/h4-10,12,17H,3,11H2,1-2H3. The monoisotopic (exact) mass is 257 g/mol. The van der Waals surface area contributed by atoms with Crippen LogP contribution in [-0.2, 0) is 9.53 Å². The second kappa shape index (κ2) is 6.23. The zero-order valence-corrected chi connectivity index (χ0v) is 11.3. The maximum absolute atomic E-state index is 11.5. The van der Waals surface area contributed by atoms with Gasteiger partial charge in [0.15, 0.2) is 0 Å². The third-order valence-electron chi connectivity index (χ3n) is 3.05.